The Bertz CT molecular complexity index is 543. The number of piperidine rings is 1. The molecular weight excluding hydrogens is 274 g/mol. The molecule has 1 aliphatic rings. The van der Waals surface area contributed by atoms with Crippen LogP contribution in [0.4, 0.5) is 5.69 Å². The second-order valence-corrected chi connectivity index (χ2v) is 7.38. The third kappa shape index (κ3) is 3.39. The summed E-state index contributed by atoms with van der Waals surface area (Å²) in [6.07, 6.45) is 3.42. The minimum Gasteiger partial charge on any atom is -0.371 e. The molecule has 110 valence electrons. The standard InChI is InChI=1S/C15H21NO3S/c1-2-11-20(18,19)15-5-3-14(4-6-15)16-9-7-13(12-17)8-10-16/h3-6,12-13H,2,7-11H2,1H3. The fraction of sp³-hybridized carbons (Fsp3) is 0.533. The van der Waals surface area contributed by atoms with Crippen molar-refractivity contribution in [2.45, 2.75) is 31.1 Å². The molecule has 4 nitrogen and oxygen atoms in total. The van der Waals surface area contributed by atoms with Crippen LogP contribution >= 0.6 is 0 Å². The van der Waals surface area contributed by atoms with Crippen molar-refractivity contribution in [3.63, 3.8) is 0 Å². The zero-order valence-electron chi connectivity index (χ0n) is 11.8. The van der Waals surface area contributed by atoms with Crippen LogP contribution in [0.25, 0.3) is 0 Å². The topological polar surface area (TPSA) is 54.5 Å². The smallest absolute Gasteiger partial charge is 0.178 e. The van der Waals surface area contributed by atoms with Gasteiger partial charge in [0.05, 0.1) is 10.6 Å². The normalized spacial score (nSPS) is 17.1. The highest BCUT2D eigenvalue weighted by Gasteiger charge is 2.19. The van der Waals surface area contributed by atoms with Gasteiger partial charge in [-0.3, -0.25) is 0 Å². The van der Waals surface area contributed by atoms with Crippen molar-refractivity contribution in [3.05, 3.63) is 24.3 Å². The van der Waals surface area contributed by atoms with Crippen molar-refractivity contribution in [1.29, 1.82) is 0 Å². The van der Waals surface area contributed by atoms with E-state index in [9.17, 15) is 13.2 Å². The Hall–Kier alpha value is -1.36. The van der Waals surface area contributed by atoms with Crippen LogP contribution in [0.3, 0.4) is 0 Å². The number of rotatable bonds is 5. The summed E-state index contributed by atoms with van der Waals surface area (Å²) in [5, 5.41) is 0. The van der Waals surface area contributed by atoms with Crippen molar-refractivity contribution < 1.29 is 13.2 Å². The zero-order chi connectivity index (χ0) is 14.6. The van der Waals surface area contributed by atoms with E-state index in [-0.39, 0.29) is 11.7 Å². The zero-order valence-corrected chi connectivity index (χ0v) is 12.6. The summed E-state index contributed by atoms with van der Waals surface area (Å²) in [5.74, 6) is 0.368. The van der Waals surface area contributed by atoms with Crippen LogP contribution in [0.5, 0.6) is 0 Å². The van der Waals surface area contributed by atoms with Crippen LogP contribution in [-0.4, -0.2) is 33.5 Å². The first-order valence-electron chi connectivity index (χ1n) is 7.10. The molecule has 0 aliphatic carbocycles. The fourth-order valence-corrected chi connectivity index (χ4v) is 3.87. The number of sulfone groups is 1. The number of nitrogens with zero attached hydrogens (tertiary/aromatic N) is 1. The van der Waals surface area contributed by atoms with Crippen molar-refractivity contribution in [2.75, 3.05) is 23.7 Å². The monoisotopic (exact) mass is 295 g/mol. The lowest BCUT2D eigenvalue weighted by atomic mass is 9.98. The molecule has 0 atom stereocenters. The fourth-order valence-electron chi connectivity index (χ4n) is 2.54. The van der Waals surface area contributed by atoms with E-state index in [4.69, 9.17) is 0 Å². The van der Waals surface area contributed by atoms with Crippen LogP contribution in [0.15, 0.2) is 29.2 Å². The molecule has 20 heavy (non-hydrogen) atoms. The van der Waals surface area contributed by atoms with E-state index in [0.717, 1.165) is 37.9 Å². The maximum absolute atomic E-state index is 11.9. The first kappa shape index (κ1) is 15.0. The highest BCUT2D eigenvalue weighted by atomic mass is 32.2. The van der Waals surface area contributed by atoms with Gasteiger partial charge in [-0.2, -0.15) is 0 Å². The first-order valence-corrected chi connectivity index (χ1v) is 8.75. The average molecular weight is 295 g/mol. The quantitative estimate of drug-likeness (QED) is 0.782. The lowest BCUT2D eigenvalue weighted by Crippen LogP contribution is -2.34. The third-order valence-electron chi connectivity index (χ3n) is 3.77. The molecule has 0 unspecified atom stereocenters. The van der Waals surface area contributed by atoms with Crippen LogP contribution in [0.2, 0.25) is 0 Å². The maximum Gasteiger partial charge on any atom is 0.178 e. The van der Waals surface area contributed by atoms with Gasteiger partial charge in [-0.25, -0.2) is 8.42 Å². The van der Waals surface area contributed by atoms with Crippen molar-refractivity contribution >= 4 is 21.8 Å². The minimum atomic E-state index is -3.14. The van der Waals surface area contributed by atoms with E-state index in [2.05, 4.69) is 4.90 Å². The Balaban J connectivity index is 2.07. The molecule has 0 saturated carbocycles. The van der Waals surface area contributed by atoms with Crippen molar-refractivity contribution in [1.82, 2.24) is 0 Å². The van der Waals surface area contributed by atoms with Gasteiger partial charge in [0.15, 0.2) is 9.84 Å². The van der Waals surface area contributed by atoms with Crippen LogP contribution < -0.4 is 4.90 Å². The predicted molar refractivity (Wildman–Crippen MR) is 79.8 cm³/mol. The number of hydrogen-bond acceptors (Lipinski definition) is 4. The van der Waals surface area contributed by atoms with Gasteiger partial charge >= 0.3 is 0 Å². The molecule has 0 bridgehead atoms. The number of carbonyl (C=O) groups excluding carboxylic acids is 1. The lowest BCUT2D eigenvalue weighted by molar-refractivity contribution is -0.111. The maximum atomic E-state index is 11.9. The molecule has 1 fully saturated rings. The Labute approximate surface area is 120 Å². The van der Waals surface area contributed by atoms with Gasteiger partial charge in [0.25, 0.3) is 0 Å². The SMILES string of the molecule is CCCS(=O)(=O)c1ccc(N2CCC(C=O)CC2)cc1. The molecule has 2 rings (SSSR count). The summed E-state index contributed by atoms with van der Waals surface area (Å²) in [6, 6.07) is 7.10. The number of hydrogen-bond donors (Lipinski definition) is 0. The number of carbonyl (C=O) groups is 1. The number of benzene rings is 1. The molecule has 1 aliphatic heterocycles. The molecule has 0 spiro atoms. The molecular formula is C15H21NO3S. The molecule has 5 heteroatoms. The third-order valence-corrected chi connectivity index (χ3v) is 5.70. The Morgan fingerprint density at radius 3 is 2.30 bits per heavy atom. The van der Waals surface area contributed by atoms with Crippen LogP contribution in [-0.2, 0) is 14.6 Å². The minimum absolute atomic E-state index is 0.176. The first-order chi connectivity index (χ1) is 9.56. The molecule has 1 saturated heterocycles. The largest absolute Gasteiger partial charge is 0.371 e. The molecule has 0 aromatic heterocycles. The molecule has 0 amide bonds. The lowest BCUT2D eigenvalue weighted by Gasteiger charge is -2.31. The average Bonchev–Trinajstić information content (AvgIpc) is 2.47. The van der Waals surface area contributed by atoms with Gasteiger partial charge in [-0.1, -0.05) is 6.92 Å². The van der Waals surface area contributed by atoms with Crippen LogP contribution in [0, 0.1) is 5.92 Å². The van der Waals surface area contributed by atoms with E-state index in [1.54, 1.807) is 12.1 Å². The second kappa shape index (κ2) is 6.39. The van der Waals surface area contributed by atoms with E-state index in [1.807, 2.05) is 19.1 Å². The van der Waals surface area contributed by atoms with E-state index >= 15 is 0 Å². The predicted octanol–water partition coefficient (Wildman–Crippen LogP) is 2.29. The van der Waals surface area contributed by atoms with Gasteiger partial charge in [0.1, 0.15) is 6.29 Å². The van der Waals surface area contributed by atoms with Gasteiger partial charge in [0.2, 0.25) is 0 Å². The van der Waals surface area contributed by atoms with Crippen molar-refractivity contribution in [2.24, 2.45) is 5.92 Å². The van der Waals surface area contributed by atoms with Gasteiger partial charge in [0, 0.05) is 24.7 Å². The summed E-state index contributed by atoms with van der Waals surface area (Å²) in [4.78, 5) is 13.3. The molecule has 0 radical (unpaired) electrons. The molecule has 0 N–H and O–H groups in total. The highest BCUT2D eigenvalue weighted by molar-refractivity contribution is 7.91. The Morgan fingerprint density at radius 2 is 1.80 bits per heavy atom. The van der Waals surface area contributed by atoms with Crippen LogP contribution in [0.1, 0.15) is 26.2 Å². The van der Waals surface area contributed by atoms with Gasteiger partial charge in [-0.15, -0.1) is 0 Å². The van der Waals surface area contributed by atoms with Gasteiger partial charge in [-0.05, 0) is 43.5 Å². The Kier molecular flexibility index (Phi) is 4.81. The van der Waals surface area contributed by atoms with E-state index in [0.29, 0.717) is 11.3 Å². The molecule has 1 heterocycles. The summed E-state index contributed by atoms with van der Waals surface area (Å²) in [7, 11) is -3.14. The van der Waals surface area contributed by atoms with E-state index in [1.165, 1.54) is 0 Å². The Morgan fingerprint density at radius 1 is 1.20 bits per heavy atom. The van der Waals surface area contributed by atoms with Crippen molar-refractivity contribution in [3.8, 4) is 0 Å². The molecule has 1 aromatic rings. The van der Waals surface area contributed by atoms with E-state index < -0.39 is 9.84 Å². The summed E-state index contributed by atoms with van der Waals surface area (Å²) in [5.41, 5.74) is 1.03. The summed E-state index contributed by atoms with van der Waals surface area (Å²) in [6.45, 7) is 3.57. The second-order valence-electron chi connectivity index (χ2n) is 5.27. The number of aldehydes is 1. The highest BCUT2D eigenvalue weighted by Crippen LogP contribution is 2.24. The summed E-state index contributed by atoms with van der Waals surface area (Å²) < 4.78 is 23.9. The van der Waals surface area contributed by atoms with Gasteiger partial charge < -0.3 is 9.69 Å². The molecule has 1 aromatic carbocycles. The summed E-state index contributed by atoms with van der Waals surface area (Å²) >= 11 is 0. The number of anilines is 1.